The van der Waals surface area contributed by atoms with Gasteiger partial charge in [-0.15, -0.1) is 0 Å². The van der Waals surface area contributed by atoms with E-state index in [0.29, 0.717) is 6.04 Å². The summed E-state index contributed by atoms with van der Waals surface area (Å²) in [6, 6.07) is 0.375. The molecule has 1 unspecified atom stereocenters. The Morgan fingerprint density at radius 1 is 1.64 bits per heavy atom. The minimum absolute atomic E-state index is 0.247. The molecule has 0 fully saturated rings. The summed E-state index contributed by atoms with van der Waals surface area (Å²) in [5, 5.41) is 12.0. The Kier molecular flexibility index (Phi) is 4.62. The summed E-state index contributed by atoms with van der Waals surface area (Å²) in [7, 11) is 2.00. The van der Waals surface area contributed by atoms with Gasteiger partial charge in [0.15, 0.2) is 0 Å². The Morgan fingerprint density at radius 3 is 3.00 bits per heavy atom. The van der Waals surface area contributed by atoms with Crippen LogP contribution in [0.1, 0.15) is 19.2 Å². The van der Waals surface area contributed by atoms with Crippen LogP contribution in [0, 0.1) is 0 Å². The number of aliphatic hydroxyl groups excluding tert-OH is 1. The second-order valence-electron chi connectivity index (χ2n) is 3.57. The van der Waals surface area contributed by atoms with E-state index in [4.69, 9.17) is 5.11 Å². The molecule has 2 N–H and O–H groups in total. The Hall–Kier alpha value is -0.870. The monoisotopic (exact) mass is 197 g/mol. The summed E-state index contributed by atoms with van der Waals surface area (Å²) in [6.45, 7) is 3.23. The molecule has 0 aliphatic rings. The first-order valence-corrected chi connectivity index (χ1v) is 5.04. The van der Waals surface area contributed by atoms with E-state index in [1.165, 1.54) is 0 Å². The summed E-state index contributed by atoms with van der Waals surface area (Å²) in [6.07, 6.45) is 5.50. The minimum atomic E-state index is 0.247. The number of aryl methyl sites for hydroxylation is 1. The van der Waals surface area contributed by atoms with Crippen LogP contribution in [0.5, 0.6) is 0 Å². The summed E-state index contributed by atoms with van der Waals surface area (Å²) in [5.41, 5.74) is 0. The molecule has 1 atom stereocenters. The average Bonchev–Trinajstić information content (AvgIpc) is 2.52. The number of hydrogen-bond acceptors (Lipinski definition) is 3. The molecule has 0 saturated heterocycles. The number of aliphatic hydroxyl groups is 1. The molecule has 0 amide bonds. The van der Waals surface area contributed by atoms with E-state index in [0.717, 1.165) is 25.2 Å². The van der Waals surface area contributed by atoms with E-state index in [1.807, 2.05) is 24.0 Å². The third kappa shape index (κ3) is 3.47. The summed E-state index contributed by atoms with van der Waals surface area (Å²) >= 11 is 0. The molecular weight excluding hydrogens is 178 g/mol. The zero-order chi connectivity index (χ0) is 10.4. The van der Waals surface area contributed by atoms with Crippen LogP contribution in [-0.4, -0.2) is 33.9 Å². The van der Waals surface area contributed by atoms with Crippen molar-refractivity contribution in [2.45, 2.75) is 25.8 Å². The zero-order valence-electron chi connectivity index (χ0n) is 8.90. The molecule has 0 aliphatic carbocycles. The first kappa shape index (κ1) is 11.2. The predicted molar refractivity (Wildman–Crippen MR) is 56.1 cm³/mol. The van der Waals surface area contributed by atoms with Gasteiger partial charge < -0.3 is 15.0 Å². The van der Waals surface area contributed by atoms with Gasteiger partial charge in [-0.05, 0) is 13.3 Å². The summed E-state index contributed by atoms with van der Waals surface area (Å²) in [5.74, 6) is 1.09. The Labute approximate surface area is 85.0 Å². The number of rotatable bonds is 6. The number of aromatic nitrogens is 2. The number of nitrogens with one attached hydrogen (secondary N) is 1. The van der Waals surface area contributed by atoms with E-state index >= 15 is 0 Å². The molecule has 0 aliphatic heterocycles. The highest BCUT2D eigenvalue weighted by Crippen LogP contribution is 1.95. The molecule has 14 heavy (non-hydrogen) atoms. The molecule has 1 heterocycles. The SMILES string of the molecule is CC(CCO)NCCc1nccn1C. The Morgan fingerprint density at radius 2 is 2.43 bits per heavy atom. The van der Waals surface area contributed by atoms with Crippen molar-refractivity contribution in [3.05, 3.63) is 18.2 Å². The Bertz CT molecular complexity index is 260. The molecular formula is C10H19N3O. The fraction of sp³-hybridized carbons (Fsp3) is 0.700. The van der Waals surface area contributed by atoms with Gasteiger partial charge in [-0.3, -0.25) is 0 Å². The highest BCUT2D eigenvalue weighted by Gasteiger charge is 2.01. The molecule has 1 rings (SSSR count). The molecule has 0 spiro atoms. The average molecular weight is 197 g/mol. The molecule has 4 nitrogen and oxygen atoms in total. The van der Waals surface area contributed by atoms with Gasteiger partial charge in [-0.1, -0.05) is 0 Å². The topological polar surface area (TPSA) is 50.1 Å². The van der Waals surface area contributed by atoms with Crippen LogP contribution in [0.15, 0.2) is 12.4 Å². The van der Waals surface area contributed by atoms with E-state index in [2.05, 4.69) is 17.2 Å². The molecule has 0 radical (unpaired) electrons. The standard InChI is InChI=1S/C10H19N3O/c1-9(4-8-14)11-5-3-10-12-6-7-13(10)2/h6-7,9,11,14H,3-5,8H2,1-2H3. The second-order valence-corrected chi connectivity index (χ2v) is 3.57. The maximum Gasteiger partial charge on any atom is 0.109 e. The fourth-order valence-electron chi connectivity index (χ4n) is 1.36. The van der Waals surface area contributed by atoms with Gasteiger partial charge in [0.05, 0.1) is 0 Å². The van der Waals surface area contributed by atoms with Crippen molar-refractivity contribution in [2.75, 3.05) is 13.2 Å². The van der Waals surface area contributed by atoms with Crippen LogP contribution in [0.3, 0.4) is 0 Å². The van der Waals surface area contributed by atoms with Crippen molar-refractivity contribution in [3.63, 3.8) is 0 Å². The van der Waals surface area contributed by atoms with Gasteiger partial charge >= 0.3 is 0 Å². The second kappa shape index (κ2) is 5.78. The van der Waals surface area contributed by atoms with E-state index in [-0.39, 0.29) is 6.61 Å². The lowest BCUT2D eigenvalue weighted by molar-refractivity contribution is 0.269. The predicted octanol–water partition coefficient (Wildman–Crippen LogP) is 0.323. The van der Waals surface area contributed by atoms with Crippen LogP contribution in [0.2, 0.25) is 0 Å². The van der Waals surface area contributed by atoms with Gasteiger partial charge in [0, 0.05) is 45.1 Å². The molecule has 80 valence electrons. The van der Waals surface area contributed by atoms with Crippen molar-refractivity contribution < 1.29 is 5.11 Å². The van der Waals surface area contributed by atoms with Crippen LogP contribution in [0.4, 0.5) is 0 Å². The van der Waals surface area contributed by atoms with Crippen molar-refractivity contribution in [2.24, 2.45) is 7.05 Å². The lowest BCUT2D eigenvalue weighted by Gasteiger charge is -2.11. The van der Waals surface area contributed by atoms with Gasteiger partial charge in [0.25, 0.3) is 0 Å². The largest absolute Gasteiger partial charge is 0.396 e. The molecule has 0 bridgehead atoms. The van der Waals surface area contributed by atoms with Gasteiger partial charge in [-0.25, -0.2) is 4.98 Å². The fourth-order valence-corrected chi connectivity index (χ4v) is 1.36. The van der Waals surface area contributed by atoms with Crippen molar-refractivity contribution in [3.8, 4) is 0 Å². The van der Waals surface area contributed by atoms with Crippen molar-refractivity contribution >= 4 is 0 Å². The van der Waals surface area contributed by atoms with Crippen molar-refractivity contribution in [1.82, 2.24) is 14.9 Å². The molecule has 4 heteroatoms. The first-order chi connectivity index (χ1) is 6.74. The molecule has 1 aromatic heterocycles. The minimum Gasteiger partial charge on any atom is -0.396 e. The maximum atomic E-state index is 8.71. The first-order valence-electron chi connectivity index (χ1n) is 5.04. The van der Waals surface area contributed by atoms with E-state index < -0.39 is 0 Å². The highest BCUT2D eigenvalue weighted by atomic mass is 16.3. The molecule has 0 saturated carbocycles. The highest BCUT2D eigenvalue weighted by molar-refractivity contribution is 4.91. The number of hydrogen-bond donors (Lipinski definition) is 2. The van der Waals surface area contributed by atoms with Crippen LogP contribution in [0.25, 0.3) is 0 Å². The lowest BCUT2D eigenvalue weighted by Crippen LogP contribution is -2.29. The summed E-state index contributed by atoms with van der Waals surface area (Å²) < 4.78 is 2.03. The third-order valence-electron chi connectivity index (χ3n) is 2.32. The van der Waals surface area contributed by atoms with E-state index in [1.54, 1.807) is 0 Å². The van der Waals surface area contributed by atoms with Gasteiger partial charge in [-0.2, -0.15) is 0 Å². The maximum absolute atomic E-state index is 8.71. The number of nitrogens with zero attached hydrogens (tertiary/aromatic N) is 2. The smallest absolute Gasteiger partial charge is 0.109 e. The van der Waals surface area contributed by atoms with Crippen LogP contribution >= 0.6 is 0 Å². The third-order valence-corrected chi connectivity index (χ3v) is 2.32. The van der Waals surface area contributed by atoms with E-state index in [9.17, 15) is 0 Å². The van der Waals surface area contributed by atoms with Crippen LogP contribution < -0.4 is 5.32 Å². The molecule has 0 aromatic carbocycles. The zero-order valence-corrected chi connectivity index (χ0v) is 8.90. The van der Waals surface area contributed by atoms with Crippen LogP contribution in [-0.2, 0) is 13.5 Å². The number of imidazole rings is 1. The van der Waals surface area contributed by atoms with Gasteiger partial charge in [0.1, 0.15) is 5.82 Å². The quantitative estimate of drug-likeness (QED) is 0.690. The Balaban J connectivity index is 2.19. The normalized spacial score (nSPS) is 13.1. The van der Waals surface area contributed by atoms with Gasteiger partial charge in [0.2, 0.25) is 0 Å². The summed E-state index contributed by atoms with van der Waals surface area (Å²) in [4.78, 5) is 4.23. The lowest BCUT2D eigenvalue weighted by atomic mass is 10.2. The molecule has 1 aromatic rings. The van der Waals surface area contributed by atoms with Crippen molar-refractivity contribution in [1.29, 1.82) is 0 Å².